The zero-order valence-corrected chi connectivity index (χ0v) is 12.8. The van der Waals surface area contributed by atoms with E-state index < -0.39 is 0 Å². The summed E-state index contributed by atoms with van der Waals surface area (Å²) >= 11 is 12.7. The van der Waals surface area contributed by atoms with Gasteiger partial charge >= 0.3 is 0 Å². The van der Waals surface area contributed by atoms with Gasteiger partial charge < -0.3 is 0 Å². The highest BCUT2D eigenvalue weighted by Crippen LogP contribution is 2.44. The molecule has 0 saturated heterocycles. The predicted molar refractivity (Wildman–Crippen MR) is 80.5 cm³/mol. The fourth-order valence-corrected chi connectivity index (χ4v) is 4.08. The largest absolute Gasteiger partial charge is 0.122 e. The van der Waals surface area contributed by atoms with E-state index in [4.69, 9.17) is 23.2 Å². The number of benzene rings is 1. The Bertz CT molecular complexity index is 398. The van der Waals surface area contributed by atoms with E-state index in [0.717, 1.165) is 11.4 Å². The molecule has 0 aromatic heterocycles. The van der Waals surface area contributed by atoms with Crippen molar-refractivity contribution in [3.05, 3.63) is 34.9 Å². The highest BCUT2D eigenvalue weighted by molar-refractivity contribution is 6.30. The molecule has 1 aromatic carbocycles. The van der Waals surface area contributed by atoms with Crippen LogP contribution in [0.1, 0.15) is 45.1 Å². The third kappa shape index (κ3) is 3.42. The summed E-state index contributed by atoms with van der Waals surface area (Å²) in [4.78, 5) is 0. The van der Waals surface area contributed by atoms with Crippen LogP contribution >= 0.6 is 23.2 Å². The number of hydrogen-bond donors (Lipinski definition) is 0. The fourth-order valence-electron chi connectivity index (χ4n) is 3.22. The fraction of sp³-hybridized carbons (Fsp3) is 0.625. The van der Waals surface area contributed by atoms with Crippen LogP contribution in [0, 0.1) is 11.3 Å². The SMILES string of the molecule is CC1(C)CCCCC1C(Cl)Cc1cccc(Cl)c1. The second-order valence-corrected chi connectivity index (χ2v) is 7.19. The maximum Gasteiger partial charge on any atom is 0.0409 e. The van der Waals surface area contributed by atoms with Crippen LogP contribution in [0.5, 0.6) is 0 Å². The van der Waals surface area contributed by atoms with Gasteiger partial charge in [-0.05, 0) is 48.3 Å². The molecule has 1 aliphatic rings. The minimum Gasteiger partial charge on any atom is -0.122 e. The molecule has 1 aromatic rings. The Balaban J connectivity index is 2.05. The second-order valence-electron chi connectivity index (χ2n) is 6.19. The first kappa shape index (κ1) is 14.2. The Hall–Kier alpha value is -0.200. The summed E-state index contributed by atoms with van der Waals surface area (Å²) in [5.74, 6) is 0.617. The maximum atomic E-state index is 6.69. The lowest BCUT2D eigenvalue weighted by molar-refractivity contribution is 0.133. The van der Waals surface area contributed by atoms with E-state index in [9.17, 15) is 0 Å². The molecule has 1 aliphatic carbocycles. The Kier molecular flexibility index (Phi) is 4.61. The van der Waals surface area contributed by atoms with Gasteiger partial charge in [-0.2, -0.15) is 0 Å². The number of halogens is 2. The molecule has 0 spiro atoms. The number of rotatable bonds is 3. The van der Waals surface area contributed by atoms with Crippen molar-refractivity contribution in [3.8, 4) is 0 Å². The molecule has 100 valence electrons. The summed E-state index contributed by atoms with van der Waals surface area (Å²) in [6.45, 7) is 4.73. The van der Waals surface area contributed by atoms with Gasteiger partial charge in [0.25, 0.3) is 0 Å². The summed E-state index contributed by atoms with van der Waals surface area (Å²) < 4.78 is 0. The zero-order valence-electron chi connectivity index (χ0n) is 11.3. The molecule has 1 fully saturated rings. The van der Waals surface area contributed by atoms with Gasteiger partial charge in [-0.25, -0.2) is 0 Å². The van der Waals surface area contributed by atoms with Gasteiger partial charge in [-0.3, -0.25) is 0 Å². The first-order chi connectivity index (χ1) is 8.49. The standard InChI is InChI=1S/C16H22Cl2/c1-16(2)9-4-3-8-14(16)15(18)11-12-6-5-7-13(17)10-12/h5-7,10,14-15H,3-4,8-9,11H2,1-2H3. The van der Waals surface area contributed by atoms with Crippen molar-refractivity contribution in [2.45, 2.75) is 51.3 Å². The molecule has 2 atom stereocenters. The maximum absolute atomic E-state index is 6.69. The van der Waals surface area contributed by atoms with Crippen LogP contribution in [0.25, 0.3) is 0 Å². The van der Waals surface area contributed by atoms with Crippen molar-refractivity contribution in [2.24, 2.45) is 11.3 Å². The van der Waals surface area contributed by atoms with Crippen LogP contribution in [0.3, 0.4) is 0 Å². The minimum absolute atomic E-state index is 0.221. The van der Waals surface area contributed by atoms with Crippen molar-refractivity contribution in [3.63, 3.8) is 0 Å². The van der Waals surface area contributed by atoms with Crippen LogP contribution in [-0.4, -0.2) is 5.38 Å². The zero-order chi connectivity index (χ0) is 13.2. The molecule has 2 rings (SSSR count). The molecular weight excluding hydrogens is 263 g/mol. The summed E-state index contributed by atoms with van der Waals surface area (Å²) in [5.41, 5.74) is 1.63. The van der Waals surface area contributed by atoms with E-state index in [0.29, 0.717) is 11.3 Å². The van der Waals surface area contributed by atoms with Gasteiger partial charge in [0.05, 0.1) is 0 Å². The molecule has 0 nitrogen and oxygen atoms in total. The summed E-state index contributed by atoms with van der Waals surface area (Å²) in [6, 6.07) is 8.08. The van der Waals surface area contributed by atoms with Crippen molar-refractivity contribution in [1.82, 2.24) is 0 Å². The molecule has 0 amide bonds. The third-order valence-corrected chi connectivity index (χ3v) is 5.04. The summed E-state index contributed by atoms with van der Waals surface area (Å²) in [7, 11) is 0. The second kappa shape index (κ2) is 5.84. The normalized spacial score (nSPS) is 24.8. The van der Waals surface area contributed by atoms with E-state index >= 15 is 0 Å². The first-order valence-electron chi connectivity index (χ1n) is 6.87. The number of hydrogen-bond acceptors (Lipinski definition) is 0. The van der Waals surface area contributed by atoms with Crippen molar-refractivity contribution in [1.29, 1.82) is 0 Å². The van der Waals surface area contributed by atoms with Crippen LogP contribution in [-0.2, 0) is 6.42 Å². The van der Waals surface area contributed by atoms with Gasteiger partial charge in [-0.1, -0.05) is 50.4 Å². The van der Waals surface area contributed by atoms with Gasteiger partial charge in [0, 0.05) is 10.4 Å². The molecule has 0 bridgehead atoms. The Labute approximate surface area is 121 Å². The van der Waals surface area contributed by atoms with E-state index in [-0.39, 0.29) is 5.38 Å². The molecule has 0 aliphatic heterocycles. The lowest BCUT2D eigenvalue weighted by atomic mass is 9.67. The average molecular weight is 285 g/mol. The molecule has 2 unspecified atom stereocenters. The van der Waals surface area contributed by atoms with Crippen molar-refractivity contribution in [2.75, 3.05) is 0 Å². The highest BCUT2D eigenvalue weighted by Gasteiger charge is 2.36. The van der Waals surface area contributed by atoms with Crippen LogP contribution in [0.4, 0.5) is 0 Å². The molecular formula is C16H22Cl2. The lowest BCUT2D eigenvalue weighted by Crippen LogP contribution is -2.35. The summed E-state index contributed by atoms with van der Waals surface area (Å²) in [5, 5.41) is 1.03. The Morgan fingerprint density at radius 2 is 2.11 bits per heavy atom. The first-order valence-corrected chi connectivity index (χ1v) is 7.69. The van der Waals surface area contributed by atoms with Gasteiger partial charge in [0.2, 0.25) is 0 Å². The van der Waals surface area contributed by atoms with Crippen LogP contribution in [0.15, 0.2) is 24.3 Å². The van der Waals surface area contributed by atoms with E-state index in [1.807, 2.05) is 18.2 Å². The van der Waals surface area contributed by atoms with Crippen LogP contribution < -0.4 is 0 Å². The topological polar surface area (TPSA) is 0 Å². The van der Waals surface area contributed by atoms with Crippen LogP contribution in [0.2, 0.25) is 5.02 Å². The van der Waals surface area contributed by atoms with Gasteiger partial charge in [0.15, 0.2) is 0 Å². The van der Waals surface area contributed by atoms with Gasteiger partial charge in [0.1, 0.15) is 0 Å². The van der Waals surface area contributed by atoms with E-state index in [1.165, 1.54) is 31.2 Å². The molecule has 1 saturated carbocycles. The monoisotopic (exact) mass is 284 g/mol. The molecule has 0 N–H and O–H groups in total. The molecule has 18 heavy (non-hydrogen) atoms. The summed E-state index contributed by atoms with van der Waals surface area (Å²) in [6.07, 6.45) is 6.17. The average Bonchev–Trinajstić information content (AvgIpc) is 2.28. The quantitative estimate of drug-likeness (QED) is 0.624. The lowest BCUT2D eigenvalue weighted by Gasteiger charge is -2.41. The van der Waals surface area contributed by atoms with E-state index in [2.05, 4.69) is 19.9 Å². The van der Waals surface area contributed by atoms with Gasteiger partial charge in [-0.15, -0.1) is 11.6 Å². The van der Waals surface area contributed by atoms with Crippen molar-refractivity contribution < 1.29 is 0 Å². The minimum atomic E-state index is 0.221. The molecule has 0 heterocycles. The third-order valence-electron chi connectivity index (χ3n) is 4.35. The smallest absolute Gasteiger partial charge is 0.0409 e. The predicted octanol–water partition coefficient (Wildman–Crippen LogP) is 5.71. The Morgan fingerprint density at radius 1 is 1.33 bits per heavy atom. The molecule has 2 heteroatoms. The number of alkyl halides is 1. The Morgan fingerprint density at radius 3 is 2.78 bits per heavy atom. The molecule has 0 radical (unpaired) electrons. The highest BCUT2D eigenvalue weighted by atomic mass is 35.5. The van der Waals surface area contributed by atoms with E-state index in [1.54, 1.807) is 0 Å². The van der Waals surface area contributed by atoms with Crippen molar-refractivity contribution >= 4 is 23.2 Å².